The van der Waals surface area contributed by atoms with E-state index in [1.165, 1.54) is 18.2 Å². The van der Waals surface area contributed by atoms with Crippen molar-refractivity contribution in [1.29, 1.82) is 0 Å². The topological polar surface area (TPSA) is 84.6 Å². The lowest BCUT2D eigenvalue weighted by atomic mass is 10.1. The summed E-state index contributed by atoms with van der Waals surface area (Å²) in [6, 6.07) is 12.6. The van der Waals surface area contributed by atoms with Crippen molar-refractivity contribution in [1.82, 2.24) is 5.43 Å². The molecule has 0 atom stereocenters. The minimum absolute atomic E-state index is 0.0415. The van der Waals surface area contributed by atoms with E-state index in [9.17, 15) is 14.9 Å². The molecule has 7 heteroatoms. The molecule has 0 spiro atoms. The molecule has 0 bridgehead atoms. The highest BCUT2D eigenvalue weighted by atomic mass is 35.5. The van der Waals surface area contributed by atoms with E-state index in [0.717, 1.165) is 5.56 Å². The largest absolute Gasteiger partial charge is 0.282 e. The SMILES string of the molecule is C/C(=N\NC(=O)c1ccccc1[N+](=O)[O-])c1ccc(Cl)cc1. The highest BCUT2D eigenvalue weighted by molar-refractivity contribution is 6.30. The van der Waals surface area contributed by atoms with Gasteiger partial charge in [-0.1, -0.05) is 35.9 Å². The van der Waals surface area contributed by atoms with E-state index < -0.39 is 10.8 Å². The minimum Gasteiger partial charge on any atom is -0.267 e. The van der Waals surface area contributed by atoms with Gasteiger partial charge in [-0.05, 0) is 30.7 Å². The highest BCUT2D eigenvalue weighted by Gasteiger charge is 2.18. The highest BCUT2D eigenvalue weighted by Crippen LogP contribution is 2.17. The first-order valence-electron chi connectivity index (χ1n) is 6.33. The lowest BCUT2D eigenvalue weighted by Crippen LogP contribution is -2.20. The summed E-state index contributed by atoms with van der Waals surface area (Å²) in [5.74, 6) is -0.638. The number of para-hydroxylation sites is 1. The maximum absolute atomic E-state index is 12.0. The van der Waals surface area contributed by atoms with E-state index >= 15 is 0 Å². The van der Waals surface area contributed by atoms with Crippen molar-refractivity contribution >= 4 is 28.9 Å². The Morgan fingerprint density at radius 3 is 2.45 bits per heavy atom. The molecule has 0 aromatic heterocycles. The first kappa shape index (κ1) is 15.7. The van der Waals surface area contributed by atoms with Crippen molar-refractivity contribution in [2.24, 2.45) is 5.10 Å². The normalized spacial score (nSPS) is 11.1. The molecule has 0 unspecified atom stereocenters. The molecule has 2 rings (SSSR count). The monoisotopic (exact) mass is 317 g/mol. The van der Waals surface area contributed by atoms with Crippen LogP contribution in [0.5, 0.6) is 0 Å². The molecule has 0 aliphatic heterocycles. The number of rotatable bonds is 4. The zero-order valence-corrected chi connectivity index (χ0v) is 12.4. The summed E-state index contributed by atoms with van der Waals surface area (Å²) < 4.78 is 0. The minimum atomic E-state index is -0.638. The second-order valence-corrected chi connectivity index (χ2v) is 4.86. The Hall–Kier alpha value is -2.73. The van der Waals surface area contributed by atoms with Gasteiger partial charge >= 0.3 is 0 Å². The number of hydrogen-bond donors (Lipinski definition) is 1. The number of halogens is 1. The molecule has 0 fully saturated rings. The number of benzene rings is 2. The Kier molecular flexibility index (Phi) is 4.85. The Morgan fingerprint density at radius 1 is 1.18 bits per heavy atom. The first-order valence-corrected chi connectivity index (χ1v) is 6.71. The molecule has 6 nitrogen and oxygen atoms in total. The van der Waals surface area contributed by atoms with Crippen LogP contribution in [0.1, 0.15) is 22.8 Å². The van der Waals surface area contributed by atoms with E-state index in [1.807, 2.05) is 0 Å². The van der Waals surface area contributed by atoms with Crippen LogP contribution >= 0.6 is 11.6 Å². The second kappa shape index (κ2) is 6.82. The lowest BCUT2D eigenvalue weighted by molar-refractivity contribution is -0.385. The maximum atomic E-state index is 12.0. The molecule has 0 saturated heterocycles. The molecule has 0 aliphatic rings. The van der Waals surface area contributed by atoms with Crippen molar-refractivity contribution in [3.63, 3.8) is 0 Å². The Labute approximate surface area is 131 Å². The summed E-state index contributed by atoms with van der Waals surface area (Å²) in [5.41, 5.74) is 3.36. The molecule has 1 amide bonds. The lowest BCUT2D eigenvalue weighted by Gasteiger charge is -2.04. The second-order valence-electron chi connectivity index (χ2n) is 4.42. The van der Waals surface area contributed by atoms with Crippen molar-refractivity contribution in [2.45, 2.75) is 6.92 Å². The summed E-state index contributed by atoms with van der Waals surface area (Å²) in [6.07, 6.45) is 0. The quantitative estimate of drug-likeness (QED) is 0.533. The predicted octanol–water partition coefficient (Wildman–Crippen LogP) is 3.40. The Bertz CT molecular complexity index is 742. The van der Waals surface area contributed by atoms with Gasteiger partial charge in [0, 0.05) is 11.1 Å². The van der Waals surface area contributed by atoms with Gasteiger partial charge in [-0.3, -0.25) is 14.9 Å². The molecule has 112 valence electrons. The van der Waals surface area contributed by atoms with Crippen molar-refractivity contribution in [3.8, 4) is 0 Å². The molecule has 0 heterocycles. The number of nitro benzene ring substituents is 1. The number of carbonyl (C=O) groups excluding carboxylic acids is 1. The van der Waals surface area contributed by atoms with E-state index in [2.05, 4.69) is 10.5 Å². The Balaban J connectivity index is 2.17. The number of hydrazone groups is 1. The fourth-order valence-corrected chi connectivity index (χ4v) is 1.90. The fourth-order valence-electron chi connectivity index (χ4n) is 1.78. The van der Waals surface area contributed by atoms with Crippen molar-refractivity contribution < 1.29 is 9.72 Å². The van der Waals surface area contributed by atoms with Gasteiger partial charge in [-0.2, -0.15) is 5.10 Å². The van der Waals surface area contributed by atoms with Gasteiger partial charge in [0.2, 0.25) is 0 Å². The summed E-state index contributed by atoms with van der Waals surface area (Å²) >= 11 is 5.80. The van der Waals surface area contributed by atoms with Crippen LogP contribution in [0.15, 0.2) is 53.6 Å². The third-order valence-electron chi connectivity index (χ3n) is 2.93. The maximum Gasteiger partial charge on any atom is 0.282 e. The van der Waals surface area contributed by atoms with Crippen molar-refractivity contribution in [2.75, 3.05) is 0 Å². The molecule has 1 N–H and O–H groups in total. The number of nitrogens with one attached hydrogen (secondary N) is 1. The third kappa shape index (κ3) is 3.67. The van der Waals surface area contributed by atoms with Crippen LogP contribution < -0.4 is 5.43 Å². The number of amides is 1. The first-order chi connectivity index (χ1) is 10.5. The number of nitrogens with zero attached hydrogens (tertiary/aromatic N) is 2. The van der Waals surface area contributed by atoms with E-state index in [-0.39, 0.29) is 11.3 Å². The molecular formula is C15H12ClN3O3. The van der Waals surface area contributed by atoms with E-state index in [1.54, 1.807) is 37.3 Å². The fraction of sp³-hybridized carbons (Fsp3) is 0.0667. The molecule has 0 aliphatic carbocycles. The molecule has 2 aromatic carbocycles. The zero-order chi connectivity index (χ0) is 16.1. The van der Waals surface area contributed by atoms with Gasteiger partial charge in [0.15, 0.2) is 0 Å². The summed E-state index contributed by atoms with van der Waals surface area (Å²) in [4.78, 5) is 22.3. The smallest absolute Gasteiger partial charge is 0.267 e. The van der Waals surface area contributed by atoms with Crippen LogP contribution in [0.3, 0.4) is 0 Å². The molecule has 22 heavy (non-hydrogen) atoms. The van der Waals surface area contributed by atoms with Gasteiger partial charge in [0.1, 0.15) is 5.56 Å². The van der Waals surface area contributed by atoms with Crippen LogP contribution in [0.2, 0.25) is 5.02 Å². The summed E-state index contributed by atoms with van der Waals surface area (Å²) in [6.45, 7) is 1.71. The van der Waals surface area contributed by atoms with Crippen LogP contribution in [0.25, 0.3) is 0 Å². The van der Waals surface area contributed by atoms with Crippen LogP contribution in [-0.2, 0) is 0 Å². The average molecular weight is 318 g/mol. The van der Waals surface area contributed by atoms with Gasteiger partial charge in [-0.25, -0.2) is 5.43 Å². The van der Waals surface area contributed by atoms with Gasteiger partial charge in [0.05, 0.1) is 10.6 Å². The number of hydrogen-bond acceptors (Lipinski definition) is 4. The van der Waals surface area contributed by atoms with E-state index in [4.69, 9.17) is 11.6 Å². The summed E-state index contributed by atoms with van der Waals surface area (Å²) in [5, 5.41) is 15.4. The van der Waals surface area contributed by atoms with Crippen molar-refractivity contribution in [3.05, 3.63) is 74.8 Å². The van der Waals surface area contributed by atoms with Gasteiger partial charge in [0.25, 0.3) is 11.6 Å². The van der Waals surface area contributed by atoms with Gasteiger partial charge in [-0.15, -0.1) is 0 Å². The van der Waals surface area contributed by atoms with Crippen LogP contribution in [0.4, 0.5) is 5.69 Å². The number of carbonyl (C=O) groups is 1. The molecule has 0 saturated carbocycles. The average Bonchev–Trinajstić information content (AvgIpc) is 2.53. The van der Waals surface area contributed by atoms with Gasteiger partial charge < -0.3 is 0 Å². The molecule has 2 aromatic rings. The predicted molar refractivity (Wildman–Crippen MR) is 84.2 cm³/mol. The summed E-state index contributed by atoms with van der Waals surface area (Å²) in [7, 11) is 0. The molecule has 0 radical (unpaired) electrons. The van der Waals surface area contributed by atoms with Crippen LogP contribution in [-0.4, -0.2) is 16.5 Å². The Morgan fingerprint density at radius 2 is 1.82 bits per heavy atom. The standard InChI is InChI=1S/C15H12ClN3O3/c1-10(11-6-8-12(16)9-7-11)17-18-15(20)13-4-2-3-5-14(13)19(21)22/h2-9H,1H3,(H,18,20)/b17-10+. The molecular weight excluding hydrogens is 306 g/mol. The number of nitro groups is 1. The van der Waals surface area contributed by atoms with E-state index in [0.29, 0.717) is 10.7 Å². The third-order valence-corrected chi connectivity index (χ3v) is 3.18. The zero-order valence-electron chi connectivity index (χ0n) is 11.6. The van der Waals surface area contributed by atoms with Crippen LogP contribution in [0, 0.1) is 10.1 Å².